The number of aliphatic hydroxyl groups excluding tert-OH is 11. The van der Waals surface area contributed by atoms with Crippen LogP contribution in [0.3, 0.4) is 0 Å². The van der Waals surface area contributed by atoms with Crippen LogP contribution in [-0.2, 0) is 33.2 Å². The molecule has 0 aromatic rings. The van der Waals surface area contributed by atoms with Gasteiger partial charge >= 0.3 is 0 Å². The van der Waals surface area contributed by atoms with Crippen molar-refractivity contribution in [2.75, 3.05) is 26.4 Å². The van der Waals surface area contributed by atoms with E-state index in [0.717, 1.165) is 77.0 Å². The first-order chi connectivity index (χ1) is 52.8. The lowest BCUT2D eigenvalue weighted by atomic mass is 9.96. The molecular formula is C89H157NO18. The molecule has 3 heterocycles. The van der Waals surface area contributed by atoms with Crippen molar-refractivity contribution < 1.29 is 89.4 Å². The van der Waals surface area contributed by atoms with Crippen molar-refractivity contribution >= 4 is 5.91 Å². The molecule has 3 saturated heterocycles. The largest absolute Gasteiger partial charge is 0.394 e. The Morgan fingerprint density at radius 1 is 0.343 bits per heavy atom. The van der Waals surface area contributed by atoms with Crippen molar-refractivity contribution in [1.29, 1.82) is 0 Å². The second kappa shape index (κ2) is 68.1. The van der Waals surface area contributed by atoms with Gasteiger partial charge in [-0.2, -0.15) is 0 Å². The molecule has 0 saturated carbocycles. The summed E-state index contributed by atoms with van der Waals surface area (Å²) in [6.45, 7) is 1.63. The SMILES string of the molecule is CC/C=C\C/C=C\C/C=C\C/C=C\C/C=C\CCCCCCCCCCCCCCCCCCCCCCCCCCCC(=O)NC(COC1OC(CO)C(OC2OC(CO)C(OC3OC(CO)C(O)C(O)C3O)C(O)C2O)C(O)C1O)C(O)/C=C/CC/C=C/CC/C=C/CCCCCCCCCCCCCC. The van der Waals surface area contributed by atoms with Gasteiger partial charge in [0.2, 0.25) is 5.91 Å². The fraction of sp³-hybridized carbons (Fsp3) is 0.809. The molecule has 108 heavy (non-hydrogen) atoms. The highest BCUT2D eigenvalue weighted by atomic mass is 16.8. The first-order valence-corrected chi connectivity index (χ1v) is 43.5. The van der Waals surface area contributed by atoms with Crippen LogP contribution in [0.4, 0.5) is 0 Å². The van der Waals surface area contributed by atoms with Crippen LogP contribution in [-0.4, -0.2) is 193 Å². The summed E-state index contributed by atoms with van der Waals surface area (Å²) < 4.78 is 34.5. The van der Waals surface area contributed by atoms with Crippen molar-refractivity contribution in [2.45, 2.75) is 433 Å². The van der Waals surface area contributed by atoms with Crippen molar-refractivity contribution in [3.8, 4) is 0 Å². The van der Waals surface area contributed by atoms with Crippen LogP contribution in [0, 0.1) is 0 Å². The van der Waals surface area contributed by atoms with Crippen LogP contribution in [0.5, 0.6) is 0 Å². The minimum Gasteiger partial charge on any atom is -0.394 e. The maximum atomic E-state index is 13.5. The van der Waals surface area contributed by atoms with Gasteiger partial charge in [0, 0.05) is 6.42 Å². The lowest BCUT2D eigenvalue weighted by molar-refractivity contribution is -0.379. The molecule has 0 aromatic carbocycles. The highest BCUT2D eigenvalue weighted by molar-refractivity contribution is 5.76. The fourth-order valence-corrected chi connectivity index (χ4v) is 14.2. The van der Waals surface area contributed by atoms with E-state index in [2.05, 4.69) is 104 Å². The summed E-state index contributed by atoms with van der Waals surface area (Å²) in [7, 11) is 0. The van der Waals surface area contributed by atoms with Gasteiger partial charge in [-0.05, 0) is 89.9 Å². The number of hydrogen-bond acceptors (Lipinski definition) is 18. The molecule has 19 heteroatoms. The second-order valence-electron chi connectivity index (χ2n) is 30.6. The van der Waals surface area contributed by atoms with E-state index >= 15 is 0 Å². The molecule has 3 fully saturated rings. The lowest BCUT2D eigenvalue weighted by Gasteiger charge is -2.48. The van der Waals surface area contributed by atoms with Gasteiger partial charge in [0.1, 0.15) is 73.2 Å². The Bertz CT molecular complexity index is 2330. The summed E-state index contributed by atoms with van der Waals surface area (Å²) in [5, 5.41) is 121. The zero-order valence-corrected chi connectivity index (χ0v) is 67.3. The van der Waals surface area contributed by atoms with Crippen molar-refractivity contribution in [3.63, 3.8) is 0 Å². The molecule has 0 aliphatic carbocycles. The number of carbonyl (C=O) groups excluding carboxylic acids is 1. The first kappa shape index (κ1) is 98.9. The van der Waals surface area contributed by atoms with E-state index in [0.29, 0.717) is 12.8 Å². The van der Waals surface area contributed by atoms with Gasteiger partial charge in [-0.15, -0.1) is 0 Å². The molecule has 626 valence electrons. The number of hydrogen-bond donors (Lipinski definition) is 12. The Morgan fingerprint density at radius 3 is 1.04 bits per heavy atom. The molecule has 0 aromatic heterocycles. The number of aliphatic hydroxyl groups is 11. The number of carbonyl (C=O) groups is 1. The number of allylic oxidation sites excluding steroid dienone is 15. The summed E-state index contributed by atoms with van der Waals surface area (Å²) in [5.74, 6) is -0.286. The Labute approximate surface area is 653 Å². The number of nitrogens with one attached hydrogen (secondary N) is 1. The quantitative estimate of drug-likeness (QED) is 0.0199. The smallest absolute Gasteiger partial charge is 0.220 e. The number of amides is 1. The maximum Gasteiger partial charge on any atom is 0.220 e. The second-order valence-corrected chi connectivity index (χ2v) is 30.6. The number of unbranched alkanes of at least 4 members (excludes halogenated alkanes) is 39. The van der Waals surface area contributed by atoms with E-state index in [1.54, 1.807) is 6.08 Å². The average molecular weight is 1530 g/mol. The monoisotopic (exact) mass is 1530 g/mol. The van der Waals surface area contributed by atoms with Gasteiger partial charge in [0.15, 0.2) is 18.9 Å². The molecule has 0 radical (unpaired) electrons. The topological polar surface area (TPSA) is 307 Å². The number of rotatable bonds is 69. The van der Waals surface area contributed by atoms with Crippen LogP contribution in [0.25, 0.3) is 0 Å². The molecule has 1 amide bonds. The zero-order valence-electron chi connectivity index (χ0n) is 67.3. The van der Waals surface area contributed by atoms with Crippen molar-refractivity contribution in [3.05, 3.63) is 97.2 Å². The van der Waals surface area contributed by atoms with E-state index in [9.17, 15) is 61.0 Å². The Balaban J connectivity index is 1.31. The summed E-state index contributed by atoms with van der Waals surface area (Å²) in [4.78, 5) is 13.5. The summed E-state index contributed by atoms with van der Waals surface area (Å²) in [6, 6.07) is -1.00. The van der Waals surface area contributed by atoms with Gasteiger partial charge < -0.3 is 89.9 Å². The number of ether oxygens (including phenoxy) is 6. The third kappa shape index (κ3) is 46.8. The van der Waals surface area contributed by atoms with Gasteiger partial charge in [-0.25, -0.2) is 0 Å². The fourth-order valence-electron chi connectivity index (χ4n) is 14.2. The van der Waals surface area contributed by atoms with Gasteiger partial charge in [0.25, 0.3) is 0 Å². The highest BCUT2D eigenvalue weighted by Gasteiger charge is 2.54. The maximum absolute atomic E-state index is 13.5. The molecule has 17 unspecified atom stereocenters. The minimum atomic E-state index is -1.99. The van der Waals surface area contributed by atoms with E-state index in [-0.39, 0.29) is 18.9 Å². The molecule has 12 N–H and O–H groups in total. The van der Waals surface area contributed by atoms with E-state index in [1.807, 2.05) is 6.08 Å². The van der Waals surface area contributed by atoms with Crippen LogP contribution >= 0.6 is 0 Å². The van der Waals surface area contributed by atoms with Crippen molar-refractivity contribution in [2.24, 2.45) is 0 Å². The molecular weight excluding hydrogens is 1370 g/mol. The van der Waals surface area contributed by atoms with Gasteiger partial charge in [-0.3, -0.25) is 4.79 Å². The minimum absolute atomic E-state index is 0.232. The van der Waals surface area contributed by atoms with Crippen molar-refractivity contribution in [1.82, 2.24) is 5.32 Å². The summed E-state index contributed by atoms with van der Waals surface area (Å²) >= 11 is 0. The van der Waals surface area contributed by atoms with Crippen LogP contribution in [0.2, 0.25) is 0 Å². The zero-order chi connectivity index (χ0) is 78.1. The predicted molar refractivity (Wildman–Crippen MR) is 434 cm³/mol. The first-order valence-electron chi connectivity index (χ1n) is 43.5. The van der Waals surface area contributed by atoms with Crippen LogP contribution < -0.4 is 5.32 Å². The Kier molecular flexibility index (Phi) is 62.4. The summed E-state index contributed by atoms with van der Waals surface area (Å²) in [5.41, 5.74) is 0. The van der Waals surface area contributed by atoms with Crippen LogP contribution in [0.15, 0.2) is 97.2 Å². The van der Waals surface area contributed by atoms with E-state index < -0.39 is 124 Å². The lowest BCUT2D eigenvalue weighted by Crippen LogP contribution is -2.66. The van der Waals surface area contributed by atoms with Gasteiger partial charge in [-0.1, -0.05) is 329 Å². The Morgan fingerprint density at radius 2 is 0.648 bits per heavy atom. The Hall–Kier alpha value is -3.29. The molecule has 3 aliphatic rings. The van der Waals surface area contributed by atoms with E-state index in [1.165, 1.54) is 218 Å². The molecule has 19 nitrogen and oxygen atoms in total. The standard InChI is InChI=1S/C89H157NO18/c1-3-5-7-9-11-13-15-17-19-21-23-25-27-28-29-30-31-32-33-34-35-36-37-38-39-40-41-42-43-44-45-47-49-51-53-55-57-59-61-63-65-67-77(95)90-72(73(94)66-64-62-60-58-56-54-52-50-48-46-26-24-22-20-18-16-14-12-10-8-6-4-2)71-103-87-83(101)80(98)85(75(69-92)105-87)108-89-84(102)81(99)86(76(70-93)106-89)107-88-82(100)79(97)78(96)74(68-91)104-88/h5,7,11,13,17,19,23,25,28-29,48,50,56,58,64,66,72-76,78-89,91-94,96-102H,3-4,6,8-10,12,14-16,18,20-22,24,26-27,30-47,49,51-55,57,59-63,65,67-71H2,1-2H3,(H,90,95)/b7-5-,13-11-,19-17-,25-23-,29-28-,50-48+,58-56+,66-64+. The molecule has 0 spiro atoms. The van der Waals surface area contributed by atoms with Gasteiger partial charge in [0.05, 0.1) is 38.6 Å². The molecule has 3 rings (SSSR count). The van der Waals surface area contributed by atoms with Crippen LogP contribution in [0.1, 0.15) is 328 Å². The predicted octanol–water partition coefficient (Wildman–Crippen LogP) is 15.9. The third-order valence-electron chi connectivity index (χ3n) is 21.1. The normalized spacial score (nSPS) is 25.9. The highest BCUT2D eigenvalue weighted by Crippen LogP contribution is 2.33. The summed E-state index contributed by atoms with van der Waals surface area (Å²) in [6.07, 6.45) is 67.1. The molecule has 3 aliphatic heterocycles. The molecule has 17 atom stereocenters. The van der Waals surface area contributed by atoms with E-state index in [4.69, 9.17) is 28.4 Å². The average Bonchev–Trinajstić information content (AvgIpc) is 0.787. The third-order valence-corrected chi connectivity index (χ3v) is 21.1. The molecule has 0 bridgehead atoms.